The molecule has 176 valence electrons. The molecule has 3 heterocycles. The van der Waals surface area contributed by atoms with Gasteiger partial charge >= 0.3 is 5.63 Å². The van der Waals surface area contributed by atoms with E-state index in [9.17, 15) is 20.2 Å². The first-order valence-corrected chi connectivity index (χ1v) is 11.8. The maximum Gasteiger partial charge on any atom is 0.345 e. The van der Waals surface area contributed by atoms with Crippen molar-refractivity contribution in [2.45, 2.75) is 0 Å². The zero-order valence-corrected chi connectivity index (χ0v) is 20.2. The molecule has 5 rings (SSSR count). The molecular formula is C25H11Cl2N3O5S. The normalized spacial score (nSPS) is 11.5. The van der Waals surface area contributed by atoms with E-state index in [4.69, 9.17) is 32.0 Å². The van der Waals surface area contributed by atoms with Crippen molar-refractivity contribution in [1.29, 1.82) is 5.26 Å². The fraction of sp³-hybridized carbons (Fsp3) is 0. The molecule has 0 bridgehead atoms. The summed E-state index contributed by atoms with van der Waals surface area (Å²) < 4.78 is 11.2. The monoisotopic (exact) mass is 535 g/mol. The van der Waals surface area contributed by atoms with E-state index in [1.54, 1.807) is 41.8 Å². The summed E-state index contributed by atoms with van der Waals surface area (Å²) in [6.45, 7) is 0. The number of aromatic nitrogens is 1. The maximum atomic E-state index is 12.5. The summed E-state index contributed by atoms with van der Waals surface area (Å²) in [5.41, 5.74) is 1.02. The summed E-state index contributed by atoms with van der Waals surface area (Å²) in [7, 11) is 0. The van der Waals surface area contributed by atoms with Crippen molar-refractivity contribution in [1.82, 2.24) is 4.98 Å². The number of halogens is 2. The Morgan fingerprint density at radius 1 is 1.08 bits per heavy atom. The van der Waals surface area contributed by atoms with Crippen LogP contribution in [0.5, 0.6) is 0 Å². The van der Waals surface area contributed by atoms with Gasteiger partial charge in [-0.05, 0) is 42.5 Å². The van der Waals surface area contributed by atoms with Crippen LogP contribution in [0.25, 0.3) is 45.2 Å². The van der Waals surface area contributed by atoms with Gasteiger partial charge in [0, 0.05) is 39.6 Å². The van der Waals surface area contributed by atoms with Gasteiger partial charge in [-0.3, -0.25) is 10.1 Å². The Balaban J connectivity index is 1.46. The number of nitriles is 1. The number of benzene rings is 2. The highest BCUT2D eigenvalue weighted by molar-refractivity contribution is 7.11. The molecule has 0 radical (unpaired) electrons. The molecular weight excluding hydrogens is 525 g/mol. The van der Waals surface area contributed by atoms with Crippen molar-refractivity contribution in [3.05, 3.63) is 101 Å². The number of furan rings is 1. The Bertz CT molecular complexity index is 1800. The third-order valence-corrected chi connectivity index (χ3v) is 6.59. The number of hydrogen-bond donors (Lipinski definition) is 0. The highest BCUT2D eigenvalue weighted by atomic mass is 35.5. The van der Waals surface area contributed by atoms with Gasteiger partial charge in [0.15, 0.2) is 0 Å². The zero-order chi connectivity index (χ0) is 25.4. The summed E-state index contributed by atoms with van der Waals surface area (Å²) in [4.78, 5) is 27.3. The van der Waals surface area contributed by atoms with Gasteiger partial charge < -0.3 is 8.83 Å². The lowest BCUT2D eigenvalue weighted by Gasteiger charge is -2.01. The lowest BCUT2D eigenvalue weighted by Crippen LogP contribution is -2.02. The molecule has 0 amide bonds. The van der Waals surface area contributed by atoms with Crippen LogP contribution in [0, 0.1) is 21.4 Å². The van der Waals surface area contributed by atoms with Crippen molar-refractivity contribution >= 4 is 62.8 Å². The molecule has 3 aromatic heterocycles. The van der Waals surface area contributed by atoms with Crippen molar-refractivity contribution < 1.29 is 13.8 Å². The number of hydrogen-bond acceptors (Lipinski definition) is 8. The lowest BCUT2D eigenvalue weighted by atomic mass is 10.1. The van der Waals surface area contributed by atoms with Crippen molar-refractivity contribution in [2.24, 2.45) is 0 Å². The second-order valence-corrected chi connectivity index (χ2v) is 9.16. The van der Waals surface area contributed by atoms with Crippen LogP contribution in [0.4, 0.5) is 5.69 Å². The predicted octanol–water partition coefficient (Wildman–Crippen LogP) is 7.46. The van der Waals surface area contributed by atoms with Crippen molar-refractivity contribution in [3.63, 3.8) is 0 Å². The smallest absolute Gasteiger partial charge is 0.345 e. The summed E-state index contributed by atoms with van der Waals surface area (Å²) >= 11 is 13.4. The number of rotatable bonds is 5. The summed E-state index contributed by atoms with van der Waals surface area (Å²) in [5, 5.41) is 24.0. The van der Waals surface area contributed by atoms with Crippen molar-refractivity contribution in [3.8, 4) is 28.7 Å². The fourth-order valence-corrected chi connectivity index (χ4v) is 4.70. The van der Waals surface area contributed by atoms with Crippen LogP contribution in [0.2, 0.25) is 10.0 Å². The maximum absolute atomic E-state index is 12.5. The van der Waals surface area contributed by atoms with Gasteiger partial charge in [0.1, 0.15) is 28.2 Å². The number of allylic oxidation sites excluding steroid dienone is 1. The molecule has 0 fully saturated rings. The van der Waals surface area contributed by atoms with Gasteiger partial charge in [-0.25, -0.2) is 9.78 Å². The van der Waals surface area contributed by atoms with Crippen LogP contribution in [0.15, 0.2) is 73.6 Å². The van der Waals surface area contributed by atoms with Gasteiger partial charge in [-0.1, -0.05) is 23.2 Å². The highest BCUT2D eigenvalue weighted by Gasteiger charge is 2.16. The van der Waals surface area contributed by atoms with Crippen LogP contribution < -0.4 is 5.63 Å². The van der Waals surface area contributed by atoms with Crippen LogP contribution >= 0.6 is 34.5 Å². The van der Waals surface area contributed by atoms with Crippen LogP contribution in [-0.4, -0.2) is 9.91 Å². The zero-order valence-electron chi connectivity index (χ0n) is 17.9. The fourth-order valence-electron chi connectivity index (χ4n) is 3.47. The Hall–Kier alpha value is -4.23. The standard InChI is InChI=1S/C25H11Cl2N3O5S/c26-15-1-5-22-13(7-15)9-19(25(31)35-22)21-12-36-24(29-21)14(11-28)8-17-3-6-23(34-17)18-4-2-16(30(32)33)10-20(18)27/h1-10,12H. The van der Waals surface area contributed by atoms with E-state index in [1.165, 1.54) is 35.6 Å². The van der Waals surface area contributed by atoms with Crippen LogP contribution in [-0.2, 0) is 0 Å². The number of nitro groups is 1. The third-order valence-electron chi connectivity index (χ3n) is 5.17. The van der Waals surface area contributed by atoms with Crippen LogP contribution in [0.3, 0.4) is 0 Å². The largest absolute Gasteiger partial charge is 0.457 e. The minimum Gasteiger partial charge on any atom is -0.457 e. The quantitative estimate of drug-likeness (QED) is 0.0989. The van der Waals surface area contributed by atoms with Crippen LogP contribution in [0.1, 0.15) is 10.8 Å². The molecule has 0 N–H and O–H groups in total. The number of non-ortho nitro benzene ring substituents is 1. The second kappa shape index (κ2) is 9.43. The van der Waals surface area contributed by atoms with E-state index in [1.807, 2.05) is 0 Å². The molecule has 0 spiro atoms. The lowest BCUT2D eigenvalue weighted by molar-refractivity contribution is -0.384. The van der Waals surface area contributed by atoms with E-state index >= 15 is 0 Å². The Morgan fingerprint density at radius 3 is 2.67 bits per heavy atom. The minimum absolute atomic E-state index is 0.134. The van der Waals surface area contributed by atoms with Gasteiger partial charge in [0.25, 0.3) is 5.69 Å². The molecule has 0 aliphatic heterocycles. The molecule has 0 unspecified atom stereocenters. The van der Waals surface area contributed by atoms with Crippen molar-refractivity contribution in [2.75, 3.05) is 0 Å². The molecule has 0 aliphatic rings. The number of nitro benzene ring substituents is 1. The number of fused-ring (bicyclic) bond motifs is 1. The van der Waals surface area contributed by atoms with E-state index < -0.39 is 10.5 Å². The second-order valence-electron chi connectivity index (χ2n) is 7.46. The summed E-state index contributed by atoms with van der Waals surface area (Å²) in [5.74, 6) is 0.735. The van der Waals surface area contributed by atoms with Gasteiger partial charge in [-0.15, -0.1) is 11.3 Å². The van der Waals surface area contributed by atoms with E-state index in [0.717, 1.165) is 0 Å². The van der Waals surface area contributed by atoms with E-state index in [2.05, 4.69) is 11.1 Å². The Kier molecular flexibility index (Phi) is 6.16. The molecule has 0 atom stereocenters. The van der Waals surface area contributed by atoms with E-state index in [-0.39, 0.29) is 21.8 Å². The topological polar surface area (TPSA) is 123 Å². The average Bonchev–Trinajstić information content (AvgIpc) is 3.52. The first-order valence-electron chi connectivity index (χ1n) is 10.2. The summed E-state index contributed by atoms with van der Waals surface area (Å²) in [6, 6.07) is 16.0. The molecule has 2 aromatic carbocycles. The first-order chi connectivity index (χ1) is 17.3. The SMILES string of the molecule is N#CC(=Cc1ccc(-c2ccc([N+](=O)[O-])cc2Cl)o1)c1nc(-c2cc3cc(Cl)ccc3oc2=O)cs1. The molecule has 11 heteroatoms. The predicted molar refractivity (Wildman–Crippen MR) is 138 cm³/mol. The first kappa shape index (κ1) is 23.5. The average molecular weight is 536 g/mol. The Morgan fingerprint density at radius 2 is 1.92 bits per heavy atom. The minimum atomic E-state index is -0.556. The highest BCUT2D eigenvalue weighted by Crippen LogP contribution is 2.34. The van der Waals surface area contributed by atoms with Gasteiger partial charge in [0.05, 0.1) is 26.8 Å². The molecule has 0 saturated heterocycles. The number of nitrogens with zero attached hydrogens (tertiary/aromatic N) is 3. The molecule has 36 heavy (non-hydrogen) atoms. The van der Waals surface area contributed by atoms with E-state index in [0.29, 0.717) is 43.8 Å². The molecule has 5 aromatic rings. The summed E-state index contributed by atoms with van der Waals surface area (Å²) in [6.07, 6.45) is 1.51. The van der Waals surface area contributed by atoms with Gasteiger partial charge in [0.2, 0.25) is 0 Å². The third kappa shape index (κ3) is 4.53. The van der Waals surface area contributed by atoms with Gasteiger partial charge in [-0.2, -0.15) is 5.26 Å². The molecule has 0 aliphatic carbocycles. The molecule has 0 saturated carbocycles. The number of thiazole rings is 1. The Labute approximate surface area is 216 Å². The molecule has 8 nitrogen and oxygen atoms in total.